The minimum absolute atomic E-state index is 0.103. The van der Waals surface area contributed by atoms with Gasteiger partial charge in [0.1, 0.15) is 4.90 Å². The van der Waals surface area contributed by atoms with Crippen LogP contribution < -0.4 is 5.32 Å². The molecule has 1 amide bonds. The first-order valence-electron chi connectivity index (χ1n) is 7.41. The predicted molar refractivity (Wildman–Crippen MR) is 101 cm³/mol. The van der Waals surface area contributed by atoms with E-state index < -0.39 is 9.84 Å². The summed E-state index contributed by atoms with van der Waals surface area (Å²) < 4.78 is 26.0. The molecule has 0 bridgehead atoms. The monoisotopic (exact) mass is 409 g/mol. The molecule has 8 heteroatoms. The van der Waals surface area contributed by atoms with E-state index in [2.05, 4.69) is 5.32 Å². The van der Waals surface area contributed by atoms with Gasteiger partial charge in [-0.05, 0) is 46.7 Å². The molecule has 0 radical (unpaired) electrons. The fraction of sp³-hybridized carbons (Fsp3) is 0.118. The number of anilines is 1. The van der Waals surface area contributed by atoms with Crippen molar-refractivity contribution >= 4 is 55.7 Å². The van der Waals surface area contributed by atoms with E-state index in [0.29, 0.717) is 17.1 Å². The topological polar surface area (TPSA) is 63.2 Å². The van der Waals surface area contributed by atoms with Crippen LogP contribution in [0, 0.1) is 0 Å². The lowest BCUT2D eigenvalue weighted by atomic mass is 9.93. The summed E-state index contributed by atoms with van der Waals surface area (Å²) in [6.07, 6.45) is 0.324. The second-order valence-electron chi connectivity index (χ2n) is 5.66. The minimum atomic E-state index is -3.73. The number of hydrogen-bond acceptors (Lipinski definition) is 5. The van der Waals surface area contributed by atoms with E-state index in [-0.39, 0.29) is 21.6 Å². The summed E-state index contributed by atoms with van der Waals surface area (Å²) in [5, 5.41) is 8.80. The minimum Gasteiger partial charge on any atom is -0.324 e. The van der Waals surface area contributed by atoms with E-state index in [1.165, 1.54) is 23.5 Å². The van der Waals surface area contributed by atoms with Crippen molar-refractivity contribution < 1.29 is 13.2 Å². The van der Waals surface area contributed by atoms with Crippen molar-refractivity contribution in [3.05, 3.63) is 61.9 Å². The SMILES string of the molecule is O=C1C[C@H](c2ccsc2)c2scc(S(=O)(=O)c3ccc(Cl)cc3)c2N1. The molecule has 25 heavy (non-hydrogen) atoms. The first-order chi connectivity index (χ1) is 12.0. The Hall–Kier alpha value is -1.67. The van der Waals surface area contributed by atoms with Crippen LogP contribution in [0.4, 0.5) is 5.69 Å². The third kappa shape index (κ3) is 2.91. The van der Waals surface area contributed by atoms with Crippen molar-refractivity contribution in [2.75, 3.05) is 5.32 Å². The molecule has 0 spiro atoms. The molecule has 2 aromatic heterocycles. The van der Waals surface area contributed by atoms with Gasteiger partial charge in [-0.3, -0.25) is 4.79 Å². The van der Waals surface area contributed by atoms with E-state index >= 15 is 0 Å². The number of carbonyl (C=O) groups excluding carboxylic acids is 1. The molecule has 4 nitrogen and oxygen atoms in total. The van der Waals surface area contributed by atoms with E-state index in [0.717, 1.165) is 10.4 Å². The van der Waals surface area contributed by atoms with Crippen LogP contribution in [0.15, 0.2) is 56.3 Å². The van der Waals surface area contributed by atoms with Crippen molar-refractivity contribution in [1.29, 1.82) is 0 Å². The Morgan fingerprint density at radius 2 is 1.88 bits per heavy atom. The highest BCUT2D eigenvalue weighted by Crippen LogP contribution is 2.46. The van der Waals surface area contributed by atoms with Gasteiger partial charge in [-0.1, -0.05) is 11.6 Å². The molecule has 0 aliphatic carbocycles. The number of sulfone groups is 1. The normalized spacial score (nSPS) is 17.2. The maximum Gasteiger partial charge on any atom is 0.225 e. The highest BCUT2D eigenvalue weighted by molar-refractivity contribution is 7.91. The predicted octanol–water partition coefficient (Wildman–Crippen LogP) is 4.77. The lowest BCUT2D eigenvalue weighted by molar-refractivity contribution is -0.116. The first kappa shape index (κ1) is 16.8. The molecule has 1 aliphatic rings. The summed E-state index contributed by atoms with van der Waals surface area (Å²) >= 11 is 8.78. The number of carbonyl (C=O) groups is 1. The number of halogens is 1. The smallest absolute Gasteiger partial charge is 0.225 e. The van der Waals surface area contributed by atoms with Gasteiger partial charge in [0.2, 0.25) is 15.7 Å². The van der Waals surface area contributed by atoms with Gasteiger partial charge in [0.05, 0.1) is 10.6 Å². The molecule has 4 rings (SSSR count). The van der Waals surface area contributed by atoms with Crippen LogP contribution in [0.25, 0.3) is 0 Å². The van der Waals surface area contributed by atoms with Gasteiger partial charge in [-0.2, -0.15) is 11.3 Å². The lowest BCUT2D eigenvalue weighted by Gasteiger charge is -2.22. The number of thiophene rings is 2. The number of benzene rings is 1. The summed E-state index contributed by atoms with van der Waals surface area (Å²) in [6.45, 7) is 0. The Morgan fingerprint density at radius 3 is 2.56 bits per heavy atom. The highest BCUT2D eigenvalue weighted by atomic mass is 35.5. The molecule has 3 aromatic rings. The van der Waals surface area contributed by atoms with Gasteiger partial charge >= 0.3 is 0 Å². The summed E-state index contributed by atoms with van der Waals surface area (Å²) in [5.41, 5.74) is 1.45. The second-order valence-corrected chi connectivity index (χ2v) is 9.70. The molecule has 128 valence electrons. The van der Waals surface area contributed by atoms with Crippen LogP contribution >= 0.6 is 34.3 Å². The number of amides is 1. The van der Waals surface area contributed by atoms with Gasteiger partial charge in [0, 0.05) is 27.6 Å². The zero-order valence-corrected chi connectivity index (χ0v) is 15.9. The van der Waals surface area contributed by atoms with Crippen molar-refractivity contribution in [3.8, 4) is 0 Å². The van der Waals surface area contributed by atoms with Gasteiger partial charge in [-0.25, -0.2) is 8.42 Å². The summed E-state index contributed by atoms with van der Waals surface area (Å²) in [7, 11) is -3.73. The van der Waals surface area contributed by atoms with E-state index in [1.54, 1.807) is 28.8 Å². The lowest BCUT2D eigenvalue weighted by Crippen LogP contribution is -2.23. The fourth-order valence-electron chi connectivity index (χ4n) is 2.89. The maximum atomic E-state index is 13.0. The zero-order valence-electron chi connectivity index (χ0n) is 12.7. The number of fused-ring (bicyclic) bond motifs is 1. The molecule has 1 atom stereocenters. The average molecular weight is 410 g/mol. The van der Waals surface area contributed by atoms with Gasteiger partial charge in [-0.15, -0.1) is 11.3 Å². The maximum absolute atomic E-state index is 13.0. The van der Waals surface area contributed by atoms with Crippen LogP contribution in [0.1, 0.15) is 22.8 Å². The average Bonchev–Trinajstić information content (AvgIpc) is 3.24. The molecular weight excluding hydrogens is 398 g/mol. The van der Waals surface area contributed by atoms with Crippen LogP contribution in [0.5, 0.6) is 0 Å². The second kappa shape index (κ2) is 6.25. The number of rotatable bonds is 3. The zero-order chi connectivity index (χ0) is 17.6. The molecule has 0 fully saturated rings. The summed E-state index contributed by atoms with van der Waals surface area (Å²) in [4.78, 5) is 13.4. The Balaban J connectivity index is 1.83. The number of nitrogens with one attached hydrogen (secondary N) is 1. The van der Waals surface area contributed by atoms with Crippen LogP contribution in [-0.2, 0) is 14.6 Å². The highest BCUT2D eigenvalue weighted by Gasteiger charge is 2.34. The van der Waals surface area contributed by atoms with Crippen LogP contribution in [0.2, 0.25) is 5.02 Å². The Morgan fingerprint density at radius 1 is 1.12 bits per heavy atom. The fourth-order valence-corrected chi connectivity index (χ4v) is 6.63. The van der Waals surface area contributed by atoms with Gasteiger partial charge in [0.25, 0.3) is 0 Å². The van der Waals surface area contributed by atoms with Crippen LogP contribution in [-0.4, -0.2) is 14.3 Å². The van der Waals surface area contributed by atoms with E-state index in [1.807, 2.05) is 16.8 Å². The Bertz CT molecular complexity index is 1040. The number of hydrogen-bond donors (Lipinski definition) is 1. The molecule has 0 saturated heterocycles. The summed E-state index contributed by atoms with van der Waals surface area (Å²) in [6, 6.07) is 8.01. The molecule has 0 saturated carbocycles. The van der Waals surface area contributed by atoms with Crippen molar-refractivity contribution in [3.63, 3.8) is 0 Å². The quantitative estimate of drug-likeness (QED) is 0.677. The summed E-state index contributed by atoms with van der Waals surface area (Å²) in [5.74, 6) is -0.274. The van der Waals surface area contributed by atoms with E-state index in [4.69, 9.17) is 11.6 Å². The first-order valence-corrected chi connectivity index (χ1v) is 11.1. The van der Waals surface area contributed by atoms with Gasteiger partial charge in [0.15, 0.2) is 0 Å². The molecule has 1 aromatic carbocycles. The van der Waals surface area contributed by atoms with Gasteiger partial charge < -0.3 is 5.32 Å². The van der Waals surface area contributed by atoms with Crippen LogP contribution in [0.3, 0.4) is 0 Å². The molecular formula is C17H12ClNO3S3. The van der Waals surface area contributed by atoms with Crippen molar-refractivity contribution in [2.45, 2.75) is 22.1 Å². The van der Waals surface area contributed by atoms with E-state index in [9.17, 15) is 13.2 Å². The van der Waals surface area contributed by atoms with Crippen molar-refractivity contribution in [2.24, 2.45) is 0 Å². The Labute approximate surface area is 158 Å². The third-order valence-electron chi connectivity index (χ3n) is 4.12. The Kier molecular flexibility index (Phi) is 4.19. The molecule has 1 N–H and O–H groups in total. The van der Waals surface area contributed by atoms with Crippen molar-refractivity contribution in [1.82, 2.24) is 0 Å². The standard InChI is InChI=1S/C17H12ClNO3S3/c18-11-1-3-12(4-2-11)25(21,22)14-9-24-17-13(10-5-6-23-8-10)7-15(20)19-16(14)17/h1-6,8-9,13H,7H2,(H,19,20)/t13-/m1/s1. The third-order valence-corrected chi connectivity index (χ3v) is 8.11. The molecule has 0 unspecified atom stereocenters. The molecule has 3 heterocycles. The largest absolute Gasteiger partial charge is 0.324 e. The molecule has 1 aliphatic heterocycles.